The molecule has 5 nitrogen and oxygen atoms in total. The summed E-state index contributed by atoms with van der Waals surface area (Å²) in [7, 11) is 0. The number of aryl methyl sites for hydroxylation is 1. The Kier molecular flexibility index (Phi) is 5.71. The van der Waals surface area contributed by atoms with Crippen LogP contribution in [0.4, 0.5) is 4.39 Å². The van der Waals surface area contributed by atoms with Crippen LogP contribution < -0.4 is 0 Å². The molecule has 1 saturated heterocycles. The van der Waals surface area contributed by atoms with Gasteiger partial charge in [-0.1, -0.05) is 24.6 Å². The van der Waals surface area contributed by atoms with Crippen LogP contribution in [0.2, 0.25) is 5.02 Å². The second-order valence-corrected chi connectivity index (χ2v) is 6.62. The fourth-order valence-corrected chi connectivity index (χ4v) is 3.31. The van der Waals surface area contributed by atoms with E-state index in [1.54, 1.807) is 29.1 Å². The van der Waals surface area contributed by atoms with E-state index in [1.165, 1.54) is 6.07 Å². The molecule has 1 aromatic heterocycles. The van der Waals surface area contributed by atoms with Gasteiger partial charge in [-0.25, -0.2) is 4.39 Å². The van der Waals surface area contributed by atoms with Crippen molar-refractivity contribution >= 4 is 17.5 Å². The van der Waals surface area contributed by atoms with E-state index >= 15 is 0 Å². The van der Waals surface area contributed by atoms with Crippen LogP contribution in [-0.4, -0.2) is 51.7 Å². The molecule has 1 aromatic carbocycles. The van der Waals surface area contributed by atoms with Crippen molar-refractivity contribution in [2.24, 2.45) is 0 Å². The Morgan fingerprint density at radius 3 is 2.68 bits per heavy atom. The average Bonchev–Trinajstić information content (AvgIpc) is 3.07. The standard InChI is InChI=1S/C18H22ClFN4O/c1-2-8-24-17(6-7-21-24)18(25)23-11-9-22(10-12-23)13-14-15(19)4-3-5-16(14)20/h3-7H,2,8-13H2,1H3. The molecule has 0 spiro atoms. The molecule has 2 aromatic rings. The molecule has 0 atom stereocenters. The molecule has 3 rings (SSSR count). The van der Waals surface area contributed by atoms with Crippen LogP contribution in [0, 0.1) is 5.82 Å². The maximum absolute atomic E-state index is 13.9. The fourth-order valence-electron chi connectivity index (χ4n) is 3.08. The molecule has 1 amide bonds. The predicted octanol–water partition coefficient (Wildman–Crippen LogP) is 3.04. The molecule has 7 heteroatoms. The third-order valence-corrected chi connectivity index (χ3v) is 4.83. The largest absolute Gasteiger partial charge is 0.335 e. The normalized spacial score (nSPS) is 15.6. The molecule has 0 unspecified atom stereocenters. The lowest BCUT2D eigenvalue weighted by molar-refractivity contribution is 0.0614. The van der Waals surface area contributed by atoms with Gasteiger partial charge in [0, 0.05) is 56.1 Å². The van der Waals surface area contributed by atoms with Crippen LogP contribution in [0.15, 0.2) is 30.5 Å². The number of carbonyl (C=O) groups excluding carboxylic acids is 1. The average molecular weight is 365 g/mol. The molecule has 0 N–H and O–H groups in total. The fraction of sp³-hybridized carbons (Fsp3) is 0.444. The smallest absolute Gasteiger partial charge is 0.272 e. The van der Waals surface area contributed by atoms with Gasteiger partial charge >= 0.3 is 0 Å². The van der Waals surface area contributed by atoms with E-state index in [0.717, 1.165) is 13.0 Å². The number of nitrogens with zero attached hydrogens (tertiary/aromatic N) is 4. The maximum atomic E-state index is 13.9. The van der Waals surface area contributed by atoms with Crippen molar-refractivity contribution in [3.8, 4) is 0 Å². The molecule has 1 fully saturated rings. The van der Waals surface area contributed by atoms with E-state index in [4.69, 9.17) is 11.6 Å². The van der Waals surface area contributed by atoms with Crippen molar-refractivity contribution in [2.75, 3.05) is 26.2 Å². The van der Waals surface area contributed by atoms with E-state index in [0.29, 0.717) is 49.0 Å². The topological polar surface area (TPSA) is 41.4 Å². The minimum absolute atomic E-state index is 0.00882. The molecule has 25 heavy (non-hydrogen) atoms. The van der Waals surface area contributed by atoms with Gasteiger partial charge in [-0.15, -0.1) is 0 Å². The zero-order valence-electron chi connectivity index (χ0n) is 14.3. The number of hydrogen-bond donors (Lipinski definition) is 0. The Morgan fingerprint density at radius 1 is 1.24 bits per heavy atom. The van der Waals surface area contributed by atoms with Crippen LogP contribution in [0.1, 0.15) is 29.4 Å². The second kappa shape index (κ2) is 7.97. The van der Waals surface area contributed by atoms with Gasteiger partial charge in [0.2, 0.25) is 0 Å². The number of rotatable bonds is 5. The number of benzene rings is 1. The van der Waals surface area contributed by atoms with Gasteiger partial charge in [-0.3, -0.25) is 14.4 Å². The summed E-state index contributed by atoms with van der Waals surface area (Å²) in [5, 5.41) is 4.66. The number of carbonyl (C=O) groups is 1. The van der Waals surface area contributed by atoms with Gasteiger partial charge < -0.3 is 4.90 Å². The summed E-state index contributed by atoms with van der Waals surface area (Å²) in [6.07, 6.45) is 2.60. The summed E-state index contributed by atoms with van der Waals surface area (Å²) in [6, 6.07) is 6.51. The minimum Gasteiger partial charge on any atom is -0.335 e. The van der Waals surface area contributed by atoms with Crippen LogP contribution in [0.25, 0.3) is 0 Å². The highest BCUT2D eigenvalue weighted by Crippen LogP contribution is 2.21. The predicted molar refractivity (Wildman–Crippen MR) is 95.1 cm³/mol. The molecular formula is C18H22ClFN4O. The van der Waals surface area contributed by atoms with Crippen molar-refractivity contribution in [1.29, 1.82) is 0 Å². The van der Waals surface area contributed by atoms with Crippen LogP contribution in [-0.2, 0) is 13.1 Å². The third kappa shape index (κ3) is 4.02. The first-order valence-corrected chi connectivity index (χ1v) is 8.94. The van der Waals surface area contributed by atoms with E-state index in [2.05, 4.69) is 16.9 Å². The van der Waals surface area contributed by atoms with Gasteiger partial charge in [-0.2, -0.15) is 5.10 Å². The SMILES string of the molecule is CCCn1nccc1C(=O)N1CCN(Cc2c(F)cccc2Cl)CC1. The molecular weight excluding hydrogens is 343 g/mol. The molecule has 1 aliphatic rings. The Bertz CT molecular complexity index is 720. The molecule has 0 bridgehead atoms. The molecule has 1 aliphatic heterocycles. The highest BCUT2D eigenvalue weighted by molar-refractivity contribution is 6.31. The summed E-state index contributed by atoms with van der Waals surface area (Å²) < 4.78 is 15.7. The Labute approximate surface area is 152 Å². The summed E-state index contributed by atoms with van der Waals surface area (Å²) in [5.74, 6) is -0.274. The minimum atomic E-state index is -0.283. The van der Waals surface area contributed by atoms with Gasteiger partial charge in [0.15, 0.2) is 0 Å². The Balaban J connectivity index is 1.60. The van der Waals surface area contributed by atoms with Crippen LogP contribution in [0.3, 0.4) is 0 Å². The quantitative estimate of drug-likeness (QED) is 0.818. The van der Waals surface area contributed by atoms with Crippen molar-refractivity contribution < 1.29 is 9.18 Å². The number of hydrogen-bond acceptors (Lipinski definition) is 3. The van der Waals surface area contributed by atoms with Gasteiger partial charge in [0.25, 0.3) is 5.91 Å². The van der Waals surface area contributed by atoms with Gasteiger partial charge in [-0.05, 0) is 24.6 Å². The van der Waals surface area contributed by atoms with E-state index < -0.39 is 0 Å². The molecule has 0 aliphatic carbocycles. The number of aromatic nitrogens is 2. The van der Waals surface area contributed by atoms with Gasteiger partial charge in [0.05, 0.1) is 0 Å². The number of halogens is 2. The zero-order chi connectivity index (χ0) is 17.8. The first kappa shape index (κ1) is 17.9. The highest BCUT2D eigenvalue weighted by Gasteiger charge is 2.25. The first-order chi connectivity index (χ1) is 12.1. The molecule has 0 saturated carbocycles. The molecule has 2 heterocycles. The highest BCUT2D eigenvalue weighted by atomic mass is 35.5. The van der Waals surface area contributed by atoms with E-state index in [9.17, 15) is 9.18 Å². The van der Waals surface area contributed by atoms with Crippen LogP contribution >= 0.6 is 11.6 Å². The second-order valence-electron chi connectivity index (χ2n) is 6.21. The lowest BCUT2D eigenvalue weighted by Crippen LogP contribution is -2.48. The summed E-state index contributed by atoms with van der Waals surface area (Å²) in [5.41, 5.74) is 1.15. The van der Waals surface area contributed by atoms with Gasteiger partial charge in [0.1, 0.15) is 11.5 Å². The lowest BCUT2D eigenvalue weighted by atomic mass is 10.1. The maximum Gasteiger partial charge on any atom is 0.272 e. The summed E-state index contributed by atoms with van der Waals surface area (Å²) in [6.45, 7) is 5.87. The van der Waals surface area contributed by atoms with Crippen LogP contribution in [0.5, 0.6) is 0 Å². The number of amides is 1. The van der Waals surface area contributed by atoms with E-state index in [-0.39, 0.29) is 11.7 Å². The first-order valence-electron chi connectivity index (χ1n) is 8.56. The van der Waals surface area contributed by atoms with E-state index in [1.807, 2.05) is 4.90 Å². The Morgan fingerprint density at radius 2 is 2.00 bits per heavy atom. The zero-order valence-corrected chi connectivity index (χ0v) is 15.0. The summed E-state index contributed by atoms with van der Waals surface area (Å²) >= 11 is 6.10. The molecule has 0 radical (unpaired) electrons. The van der Waals surface area contributed by atoms with Crippen molar-refractivity contribution in [2.45, 2.75) is 26.4 Å². The monoisotopic (exact) mass is 364 g/mol. The van der Waals surface area contributed by atoms with Crippen molar-refractivity contribution in [3.63, 3.8) is 0 Å². The van der Waals surface area contributed by atoms with Crippen molar-refractivity contribution in [3.05, 3.63) is 52.6 Å². The lowest BCUT2D eigenvalue weighted by Gasteiger charge is -2.35. The third-order valence-electron chi connectivity index (χ3n) is 4.47. The number of piperazine rings is 1. The van der Waals surface area contributed by atoms with Crippen molar-refractivity contribution in [1.82, 2.24) is 19.6 Å². The molecule has 134 valence electrons. The Hall–Kier alpha value is -1.92. The summed E-state index contributed by atoms with van der Waals surface area (Å²) in [4.78, 5) is 16.7.